The molecule has 0 saturated carbocycles. The van der Waals surface area contributed by atoms with E-state index in [4.69, 9.17) is 11.6 Å². The Labute approximate surface area is 104 Å². The third kappa shape index (κ3) is 2.94. The van der Waals surface area contributed by atoms with Crippen molar-refractivity contribution in [2.24, 2.45) is 0 Å². The van der Waals surface area contributed by atoms with Crippen molar-refractivity contribution in [3.63, 3.8) is 0 Å². The third-order valence-corrected chi connectivity index (χ3v) is 2.94. The summed E-state index contributed by atoms with van der Waals surface area (Å²) in [6.45, 7) is 2.23. The molecule has 2 heterocycles. The van der Waals surface area contributed by atoms with E-state index < -0.39 is 6.10 Å². The van der Waals surface area contributed by atoms with Gasteiger partial charge >= 0.3 is 0 Å². The molecule has 2 unspecified atom stereocenters. The molecule has 5 nitrogen and oxygen atoms in total. The summed E-state index contributed by atoms with van der Waals surface area (Å²) in [5.74, 6) is -0.159. The van der Waals surface area contributed by atoms with Gasteiger partial charge in [-0.05, 0) is 25.5 Å². The molecule has 1 aromatic rings. The molecule has 0 aromatic carbocycles. The lowest BCUT2D eigenvalue weighted by Gasteiger charge is -2.12. The van der Waals surface area contributed by atoms with Crippen molar-refractivity contribution >= 4 is 23.2 Å². The summed E-state index contributed by atoms with van der Waals surface area (Å²) in [6, 6.07) is 3.00. The number of carbonyl (C=O) groups is 1. The van der Waals surface area contributed by atoms with Crippen LogP contribution >= 0.6 is 11.6 Å². The normalized spacial score (nSPS) is 23.7. The van der Waals surface area contributed by atoms with Crippen molar-refractivity contribution in [1.29, 1.82) is 0 Å². The second-order valence-electron chi connectivity index (χ2n) is 4.11. The van der Waals surface area contributed by atoms with Gasteiger partial charge in [-0.1, -0.05) is 11.6 Å². The maximum absolute atomic E-state index is 11.9. The third-order valence-electron chi connectivity index (χ3n) is 2.73. The molecule has 17 heavy (non-hydrogen) atoms. The summed E-state index contributed by atoms with van der Waals surface area (Å²) >= 11 is 5.73. The number of nitrogens with one attached hydrogen (secondary N) is 2. The maximum atomic E-state index is 11.9. The van der Waals surface area contributed by atoms with Crippen LogP contribution in [0, 0.1) is 6.92 Å². The van der Waals surface area contributed by atoms with Gasteiger partial charge in [-0.15, -0.1) is 0 Å². The van der Waals surface area contributed by atoms with Crippen LogP contribution in [0.15, 0.2) is 12.1 Å². The van der Waals surface area contributed by atoms with Crippen molar-refractivity contribution in [2.75, 3.05) is 11.9 Å². The maximum Gasteiger partial charge on any atom is 0.241 e. The summed E-state index contributed by atoms with van der Waals surface area (Å²) in [6.07, 6.45) is -0.0125. The van der Waals surface area contributed by atoms with Crippen LogP contribution in [-0.2, 0) is 4.79 Å². The minimum atomic E-state index is -0.449. The van der Waals surface area contributed by atoms with Crippen molar-refractivity contribution in [3.8, 4) is 0 Å². The van der Waals surface area contributed by atoms with Crippen LogP contribution in [0.1, 0.15) is 12.1 Å². The van der Waals surface area contributed by atoms with Gasteiger partial charge in [0.25, 0.3) is 0 Å². The van der Waals surface area contributed by atoms with E-state index >= 15 is 0 Å². The van der Waals surface area contributed by atoms with Crippen molar-refractivity contribution in [2.45, 2.75) is 25.5 Å². The van der Waals surface area contributed by atoms with Crippen molar-refractivity contribution in [1.82, 2.24) is 10.3 Å². The second kappa shape index (κ2) is 5.00. The number of carbonyl (C=O) groups excluding carboxylic acids is 1. The molecule has 0 bridgehead atoms. The van der Waals surface area contributed by atoms with Crippen LogP contribution in [0.4, 0.5) is 5.69 Å². The van der Waals surface area contributed by atoms with Crippen LogP contribution in [0.25, 0.3) is 0 Å². The molecule has 1 aliphatic heterocycles. The van der Waals surface area contributed by atoms with E-state index in [1.165, 1.54) is 0 Å². The van der Waals surface area contributed by atoms with E-state index in [1.807, 2.05) is 0 Å². The number of aliphatic hydroxyl groups is 1. The fourth-order valence-electron chi connectivity index (χ4n) is 1.80. The largest absolute Gasteiger partial charge is 0.392 e. The molecule has 1 saturated heterocycles. The smallest absolute Gasteiger partial charge is 0.241 e. The molecule has 0 spiro atoms. The summed E-state index contributed by atoms with van der Waals surface area (Å²) in [5, 5.41) is 15.4. The molecule has 92 valence electrons. The number of β-amino-alcohol motifs (C(OH)–C–C–N with tert-alkyl or cyclic N) is 1. The molecule has 3 N–H and O–H groups in total. The van der Waals surface area contributed by atoms with Gasteiger partial charge in [-0.2, -0.15) is 0 Å². The van der Waals surface area contributed by atoms with E-state index in [-0.39, 0.29) is 11.9 Å². The Balaban J connectivity index is 2.03. The first-order chi connectivity index (χ1) is 8.06. The molecule has 6 heteroatoms. The highest BCUT2D eigenvalue weighted by Crippen LogP contribution is 2.17. The number of pyridine rings is 1. The summed E-state index contributed by atoms with van der Waals surface area (Å²) < 4.78 is 0. The second-order valence-corrected chi connectivity index (χ2v) is 4.49. The van der Waals surface area contributed by atoms with Gasteiger partial charge in [0.2, 0.25) is 5.91 Å². The number of aliphatic hydroxyl groups excluding tert-OH is 1. The first-order valence-corrected chi connectivity index (χ1v) is 5.79. The van der Waals surface area contributed by atoms with Crippen LogP contribution in [0.2, 0.25) is 5.15 Å². The molecule has 2 rings (SSSR count). The number of rotatable bonds is 2. The lowest BCUT2D eigenvalue weighted by Crippen LogP contribution is -2.35. The Hall–Kier alpha value is -1.17. The number of halogens is 1. The fourth-order valence-corrected chi connectivity index (χ4v) is 1.99. The average Bonchev–Trinajstić information content (AvgIpc) is 2.69. The SMILES string of the molecule is Cc1nc(Cl)ccc1NC(=O)C1CC(O)CN1. The molecular formula is C11H14ClN3O2. The van der Waals surface area contributed by atoms with Crippen LogP contribution in [0.5, 0.6) is 0 Å². The Morgan fingerprint density at radius 1 is 1.65 bits per heavy atom. The number of anilines is 1. The molecular weight excluding hydrogens is 242 g/mol. The van der Waals surface area contributed by atoms with E-state index in [1.54, 1.807) is 19.1 Å². The number of amides is 1. The predicted molar refractivity (Wildman–Crippen MR) is 65.0 cm³/mol. The molecule has 1 aliphatic rings. The summed E-state index contributed by atoms with van der Waals surface area (Å²) in [4.78, 5) is 15.9. The van der Waals surface area contributed by atoms with Gasteiger partial charge < -0.3 is 15.7 Å². The van der Waals surface area contributed by atoms with Gasteiger partial charge in [0.1, 0.15) is 5.15 Å². The highest BCUT2D eigenvalue weighted by molar-refractivity contribution is 6.29. The zero-order chi connectivity index (χ0) is 12.4. The fraction of sp³-hybridized carbons (Fsp3) is 0.455. The molecule has 0 radical (unpaired) electrons. The topological polar surface area (TPSA) is 74.2 Å². The molecule has 1 fully saturated rings. The Bertz CT molecular complexity index is 439. The van der Waals surface area contributed by atoms with Gasteiger partial charge in [-0.3, -0.25) is 4.79 Å². The van der Waals surface area contributed by atoms with E-state index in [9.17, 15) is 9.90 Å². The average molecular weight is 256 g/mol. The Kier molecular flexibility index (Phi) is 3.61. The van der Waals surface area contributed by atoms with E-state index in [2.05, 4.69) is 15.6 Å². The minimum absolute atomic E-state index is 0.159. The van der Waals surface area contributed by atoms with Gasteiger partial charge in [0.15, 0.2) is 0 Å². The quantitative estimate of drug-likeness (QED) is 0.681. The Morgan fingerprint density at radius 3 is 3.00 bits per heavy atom. The standard InChI is InChI=1S/C11H14ClN3O2/c1-6-8(2-3-10(12)14-6)15-11(17)9-4-7(16)5-13-9/h2-3,7,9,13,16H,4-5H2,1H3,(H,15,17). The number of aryl methyl sites for hydroxylation is 1. The summed E-state index contributed by atoms with van der Waals surface area (Å²) in [5.41, 5.74) is 1.31. The monoisotopic (exact) mass is 255 g/mol. The molecule has 2 atom stereocenters. The van der Waals surface area contributed by atoms with Gasteiger partial charge in [0, 0.05) is 6.54 Å². The van der Waals surface area contributed by atoms with Gasteiger partial charge in [-0.25, -0.2) is 4.98 Å². The van der Waals surface area contributed by atoms with Crippen molar-refractivity contribution < 1.29 is 9.90 Å². The number of hydrogen-bond donors (Lipinski definition) is 3. The lowest BCUT2D eigenvalue weighted by atomic mass is 10.2. The molecule has 0 aliphatic carbocycles. The van der Waals surface area contributed by atoms with Crippen LogP contribution in [0.3, 0.4) is 0 Å². The van der Waals surface area contributed by atoms with E-state index in [0.29, 0.717) is 29.5 Å². The first kappa shape index (κ1) is 12.3. The Morgan fingerprint density at radius 2 is 2.41 bits per heavy atom. The van der Waals surface area contributed by atoms with Crippen LogP contribution in [-0.4, -0.2) is 34.7 Å². The zero-order valence-corrected chi connectivity index (χ0v) is 10.2. The number of hydrogen-bond acceptors (Lipinski definition) is 4. The summed E-state index contributed by atoms with van der Waals surface area (Å²) in [7, 11) is 0. The highest BCUT2D eigenvalue weighted by Gasteiger charge is 2.28. The van der Waals surface area contributed by atoms with Crippen LogP contribution < -0.4 is 10.6 Å². The zero-order valence-electron chi connectivity index (χ0n) is 9.40. The number of nitrogens with zero attached hydrogens (tertiary/aromatic N) is 1. The molecule has 1 aromatic heterocycles. The first-order valence-electron chi connectivity index (χ1n) is 5.41. The predicted octanol–water partition coefficient (Wildman–Crippen LogP) is 0.705. The molecule has 1 amide bonds. The number of aromatic nitrogens is 1. The minimum Gasteiger partial charge on any atom is -0.392 e. The highest BCUT2D eigenvalue weighted by atomic mass is 35.5. The lowest BCUT2D eigenvalue weighted by molar-refractivity contribution is -0.117. The van der Waals surface area contributed by atoms with Gasteiger partial charge in [0.05, 0.1) is 23.5 Å². The van der Waals surface area contributed by atoms with E-state index in [0.717, 1.165) is 0 Å². The van der Waals surface area contributed by atoms with Crippen molar-refractivity contribution in [3.05, 3.63) is 23.0 Å².